The second kappa shape index (κ2) is 9.55. The fourth-order valence-electron chi connectivity index (χ4n) is 4.46. The average molecular weight is 551 g/mol. The molecule has 5 nitrogen and oxygen atoms in total. The molecule has 204 valence electrons. The highest BCUT2D eigenvalue weighted by Gasteiger charge is 2.46. The lowest BCUT2D eigenvalue weighted by Gasteiger charge is -2.41. The number of nitrogens with zero attached hydrogens (tertiary/aromatic N) is 2. The van der Waals surface area contributed by atoms with Gasteiger partial charge in [-0.3, -0.25) is 9.59 Å². The van der Waals surface area contributed by atoms with E-state index in [1.54, 1.807) is 24.3 Å². The Labute approximate surface area is 208 Å². The SMILES string of the molecule is O=C(c1cc(C(F)(F)F)cc(C(F)(F)F)c1)N1CCN(C(=O)C(F)(F)F)C[C@H]1Cc1c[nH]c2ccccc12. The first-order valence-electron chi connectivity index (χ1n) is 11.1. The summed E-state index contributed by atoms with van der Waals surface area (Å²) in [6.45, 7) is -1.78. The predicted molar refractivity (Wildman–Crippen MR) is 116 cm³/mol. The highest BCUT2D eigenvalue weighted by Crippen LogP contribution is 2.37. The van der Waals surface area contributed by atoms with Crippen molar-refractivity contribution in [1.82, 2.24) is 14.8 Å². The lowest BCUT2D eigenvalue weighted by Crippen LogP contribution is -2.59. The van der Waals surface area contributed by atoms with E-state index < -0.39 is 72.7 Å². The van der Waals surface area contributed by atoms with E-state index in [-0.39, 0.29) is 24.6 Å². The van der Waals surface area contributed by atoms with Crippen molar-refractivity contribution in [2.24, 2.45) is 0 Å². The Bertz CT molecular complexity index is 1330. The van der Waals surface area contributed by atoms with Crippen LogP contribution < -0.4 is 0 Å². The van der Waals surface area contributed by atoms with Gasteiger partial charge in [-0.2, -0.15) is 39.5 Å². The molecule has 0 saturated carbocycles. The standard InChI is InChI=1S/C24H18F9N3O2/c25-22(26,27)15-7-13(8-16(10-15)23(28,29)30)20(37)36-6-5-35(21(38)24(31,32)33)12-17(36)9-14-11-34-19-4-2-1-3-18(14)19/h1-4,7-8,10-11,17,34H,5-6,9,12H2/t17-/m1/s1. The minimum atomic E-state index is -5.21. The van der Waals surface area contributed by atoms with Crippen LogP contribution in [0.5, 0.6) is 0 Å². The Morgan fingerprint density at radius 2 is 1.47 bits per heavy atom. The molecule has 4 rings (SSSR count). The van der Waals surface area contributed by atoms with Gasteiger partial charge < -0.3 is 14.8 Å². The number of para-hydroxylation sites is 1. The summed E-state index contributed by atoms with van der Waals surface area (Å²) in [6, 6.07) is 6.05. The summed E-state index contributed by atoms with van der Waals surface area (Å²) in [5, 5.41) is 0.651. The fourth-order valence-corrected chi connectivity index (χ4v) is 4.46. The maximum Gasteiger partial charge on any atom is 0.471 e. The van der Waals surface area contributed by atoms with Crippen LogP contribution in [-0.4, -0.2) is 58.5 Å². The van der Waals surface area contributed by atoms with Crippen LogP contribution in [0.1, 0.15) is 27.0 Å². The molecule has 0 spiro atoms. The molecular weight excluding hydrogens is 533 g/mol. The van der Waals surface area contributed by atoms with Gasteiger partial charge in [-0.15, -0.1) is 0 Å². The molecule has 2 aromatic carbocycles. The number of H-pyrrole nitrogens is 1. The van der Waals surface area contributed by atoms with Crippen LogP contribution in [0.25, 0.3) is 10.9 Å². The summed E-state index contributed by atoms with van der Waals surface area (Å²) < 4.78 is 119. The maximum absolute atomic E-state index is 13.3. The van der Waals surface area contributed by atoms with E-state index in [4.69, 9.17) is 0 Å². The van der Waals surface area contributed by atoms with Gasteiger partial charge in [0, 0.05) is 42.3 Å². The molecule has 0 aliphatic carbocycles. The number of piperazine rings is 1. The van der Waals surface area contributed by atoms with E-state index in [1.807, 2.05) is 0 Å². The third-order valence-corrected chi connectivity index (χ3v) is 6.24. The van der Waals surface area contributed by atoms with Gasteiger partial charge in [0.1, 0.15) is 0 Å². The topological polar surface area (TPSA) is 56.4 Å². The zero-order valence-electron chi connectivity index (χ0n) is 19.1. The van der Waals surface area contributed by atoms with Crippen LogP contribution in [0.15, 0.2) is 48.7 Å². The fraction of sp³-hybridized carbons (Fsp3) is 0.333. The lowest BCUT2D eigenvalue weighted by molar-refractivity contribution is -0.187. The second-order valence-corrected chi connectivity index (χ2v) is 8.76. The number of hydrogen-bond donors (Lipinski definition) is 1. The molecule has 1 aliphatic rings. The van der Waals surface area contributed by atoms with Gasteiger partial charge in [-0.05, 0) is 36.2 Å². The van der Waals surface area contributed by atoms with E-state index in [1.165, 1.54) is 6.20 Å². The number of halogens is 9. The Balaban J connectivity index is 1.73. The molecule has 3 aromatic rings. The summed E-state index contributed by atoms with van der Waals surface area (Å²) in [4.78, 5) is 29.5. The number of amides is 2. The Kier molecular flexibility index (Phi) is 6.87. The van der Waals surface area contributed by atoms with Gasteiger partial charge in [0.25, 0.3) is 5.91 Å². The molecule has 0 bridgehead atoms. The molecule has 14 heteroatoms. The van der Waals surface area contributed by atoms with E-state index in [0.717, 1.165) is 4.90 Å². The molecule has 38 heavy (non-hydrogen) atoms. The number of carbonyl (C=O) groups is 2. The number of aromatic nitrogens is 1. The summed E-state index contributed by atoms with van der Waals surface area (Å²) in [7, 11) is 0. The number of aromatic amines is 1. The van der Waals surface area contributed by atoms with Crippen molar-refractivity contribution in [1.29, 1.82) is 0 Å². The van der Waals surface area contributed by atoms with Crippen LogP contribution >= 0.6 is 0 Å². The Morgan fingerprint density at radius 1 is 0.868 bits per heavy atom. The van der Waals surface area contributed by atoms with E-state index >= 15 is 0 Å². The minimum Gasteiger partial charge on any atom is -0.361 e. The third kappa shape index (κ3) is 5.58. The quantitative estimate of drug-likeness (QED) is 0.427. The predicted octanol–water partition coefficient (Wildman–Crippen LogP) is 5.66. The van der Waals surface area contributed by atoms with E-state index in [0.29, 0.717) is 21.4 Å². The van der Waals surface area contributed by atoms with E-state index in [9.17, 15) is 49.1 Å². The first-order valence-corrected chi connectivity index (χ1v) is 11.1. The lowest BCUT2D eigenvalue weighted by atomic mass is 9.98. The molecule has 1 aliphatic heterocycles. The van der Waals surface area contributed by atoms with Crippen molar-refractivity contribution >= 4 is 22.7 Å². The molecule has 1 saturated heterocycles. The van der Waals surface area contributed by atoms with Crippen molar-refractivity contribution in [3.05, 3.63) is 70.9 Å². The van der Waals surface area contributed by atoms with E-state index in [2.05, 4.69) is 4.98 Å². The molecule has 2 heterocycles. The number of rotatable bonds is 3. The summed E-state index contributed by atoms with van der Waals surface area (Å²) in [5.74, 6) is -3.39. The number of nitrogens with one attached hydrogen (secondary N) is 1. The third-order valence-electron chi connectivity index (χ3n) is 6.24. The van der Waals surface area contributed by atoms with Crippen molar-refractivity contribution in [2.45, 2.75) is 31.0 Å². The van der Waals surface area contributed by atoms with Crippen molar-refractivity contribution in [3.8, 4) is 0 Å². The smallest absolute Gasteiger partial charge is 0.361 e. The Morgan fingerprint density at radius 3 is 2.05 bits per heavy atom. The highest BCUT2D eigenvalue weighted by molar-refractivity contribution is 5.95. The van der Waals surface area contributed by atoms with Gasteiger partial charge in [-0.25, -0.2) is 0 Å². The molecule has 1 fully saturated rings. The van der Waals surface area contributed by atoms with Gasteiger partial charge in [0.15, 0.2) is 0 Å². The number of benzene rings is 2. The zero-order chi connectivity index (χ0) is 28.0. The van der Waals surface area contributed by atoms with Crippen LogP contribution in [0.3, 0.4) is 0 Å². The largest absolute Gasteiger partial charge is 0.471 e. The molecule has 1 atom stereocenters. The van der Waals surface area contributed by atoms with Gasteiger partial charge in [0.2, 0.25) is 0 Å². The maximum atomic E-state index is 13.3. The summed E-state index contributed by atoms with van der Waals surface area (Å²) in [6.07, 6.45) is -14.2. The minimum absolute atomic E-state index is 0.123. The summed E-state index contributed by atoms with van der Waals surface area (Å²) in [5.41, 5.74) is -3.13. The van der Waals surface area contributed by atoms with Crippen LogP contribution in [0.2, 0.25) is 0 Å². The average Bonchev–Trinajstić information content (AvgIpc) is 3.24. The monoisotopic (exact) mass is 551 g/mol. The normalized spacial score (nSPS) is 17.2. The number of alkyl halides is 9. The zero-order valence-corrected chi connectivity index (χ0v) is 19.1. The van der Waals surface area contributed by atoms with Gasteiger partial charge >= 0.3 is 24.4 Å². The van der Waals surface area contributed by atoms with Crippen molar-refractivity contribution in [3.63, 3.8) is 0 Å². The number of fused-ring (bicyclic) bond motifs is 1. The van der Waals surface area contributed by atoms with Crippen molar-refractivity contribution in [2.75, 3.05) is 19.6 Å². The van der Waals surface area contributed by atoms with Crippen LogP contribution in [0.4, 0.5) is 39.5 Å². The van der Waals surface area contributed by atoms with Crippen molar-refractivity contribution < 1.29 is 49.1 Å². The molecular formula is C24H18F9N3O2. The van der Waals surface area contributed by atoms with Crippen LogP contribution in [0, 0.1) is 0 Å². The number of carbonyl (C=O) groups excluding carboxylic acids is 2. The van der Waals surface area contributed by atoms with Gasteiger partial charge in [-0.1, -0.05) is 18.2 Å². The van der Waals surface area contributed by atoms with Gasteiger partial charge in [0.05, 0.1) is 17.2 Å². The Hall–Kier alpha value is -3.71. The molecule has 1 aromatic heterocycles. The van der Waals surface area contributed by atoms with Crippen LogP contribution in [-0.2, 0) is 23.6 Å². The first-order chi connectivity index (χ1) is 17.6. The second-order valence-electron chi connectivity index (χ2n) is 8.76. The molecule has 1 N–H and O–H groups in total. The first kappa shape index (κ1) is 27.3. The number of hydrogen-bond acceptors (Lipinski definition) is 2. The molecule has 2 amide bonds. The molecule has 0 radical (unpaired) electrons. The summed E-state index contributed by atoms with van der Waals surface area (Å²) >= 11 is 0. The molecule has 0 unspecified atom stereocenters. The highest BCUT2D eigenvalue weighted by atomic mass is 19.4.